The van der Waals surface area contributed by atoms with E-state index in [2.05, 4.69) is 9.59 Å². The first-order valence-corrected chi connectivity index (χ1v) is 6.01. The van der Waals surface area contributed by atoms with Gasteiger partial charge in [0.2, 0.25) is 0 Å². The van der Waals surface area contributed by atoms with Crippen LogP contribution < -0.4 is 0 Å². The molecule has 0 radical (unpaired) electrons. The Balaban J connectivity index is 2.56. The molecule has 0 spiro atoms. The quantitative estimate of drug-likeness (QED) is 0.625. The van der Waals surface area contributed by atoms with Gasteiger partial charge in [0.05, 0.1) is 12.1 Å². The lowest BCUT2D eigenvalue weighted by atomic mass is 10.2. The molecule has 0 bridgehead atoms. The molecule has 84 valence electrons. The third-order valence-corrected chi connectivity index (χ3v) is 3.32. The number of carbonyl (C=O) groups excluding carboxylic acids is 1. The third-order valence-electron chi connectivity index (χ3n) is 2.42. The highest BCUT2D eigenvalue weighted by molar-refractivity contribution is 7.08. The average Bonchev–Trinajstić information content (AvgIpc) is 2.86. The number of Topliss-reactive ketones (excluding diaryl/α,β-unsaturated/α-hetero) is 1. The molecule has 2 rings (SSSR count). The van der Waals surface area contributed by atoms with Gasteiger partial charge in [-0.15, -0.1) is 16.7 Å². The van der Waals surface area contributed by atoms with Gasteiger partial charge in [0.1, 0.15) is 5.00 Å². The monoisotopic (exact) mass is 255 g/mol. The van der Waals surface area contributed by atoms with Gasteiger partial charge in [-0.2, -0.15) is 0 Å². The molecule has 0 N–H and O–H groups in total. The summed E-state index contributed by atoms with van der Waals surface area (Å²) in [7, 11) is 0. The van der Waals surface area contributed by atoms with Crippen molar-refractivity contribution >= 4 is 28.9 Å². The first-order valence-electron chi connectivity index (χ1n) is 4.71. The topological polar surface area (TPSA) is 47.8 Å². The van der Waals surface area contributed by atoms with Gasteiger partial charge >= 0.3 is 0 Å². The first kappa shape index (κ1) is 11.3. The summed E-state index contributed by atoms with van der Waals surface area (Å²) in [5, 5.41) is 4.70. The lowest BCUT2D eigenvalue weighted by Crippen LogP contribution is -2.03. The number of hydrogen-bond acceptors (Lipinski definition) is 4. The number of carbonyl (C=O) groups is 1. The Labute approximate surface area is 102 Å². The van der Waals surface area contributed by atoms with Crippen LogP contribution in [0, 0.1) is 13.8 Å². The zero-order valence-corrected chi connectivity index (χ0v) is 10.5. The largest absolute Gasteiger partial charge is 0.307 e. The van der Waals surface area contributed by atoms with Crippen molar-refractivity contribution in [2.45, 2.75) is 13.8 Å². The van der Waals surface area contributed by atoms with Crippen molar-refractivity contribution in [3.63, 3.8) is 0 Å². The average molecular weight is 256 g/mol. The van der Waals surface area contributed by atoms with Crippen LogP contribution in [0.1, 0.15) is 21.7 Å². The summed E-state index contributed by atoms with van der Waals surface area (Å²) >= 11 is 6.86. The van der Waals surface area contributed by atoms with Gasteiger partial charge in [0.15, 0.2) is 5.78 Å². The van der Waals surface area contributed by atoms with E-state index in [1.807, 2.05) is 24.5 Å². The third kappa shape index (κ3) is 1.76. The number of aryl methyl sites for hydroxylation is 1. The van der Waals surface area contributed by atoms with Crippen LogP contribution in [-0.4, -0.2) is 25.8 Å². The summed E-state index contributed by atoms with van der Waals surface area (Å²) in [6.45, 7) is 3.84. The maximum atomic E-state index is 11.6. The summed E-state index contributed by atoms with van der Waals surface area (Å²) in [6, 6.07) is 1.85. The molecule has 2 aromatic heterocycles. The molecule has 0 atom stereocenters. The minimum atomic E-state index is -0.0570. The molecular formula is C10H10ClN3OS. The molecule has 4 nitrogen and oxygen atoms in total. The van der Waals surface area contributed by atoms with Crippen molar-refractivity contribution in [3.8, 4) is 5.00 Å². The molecule has 2 heterocycles. The second kappa shape index (κ2) is 4.35. The number of rotatable bonds is 3. The van der Waals surface area contributed by atoms with Crippen LogP contribution in [0.2, 0.25) is 0 Å². The molecule has 16 heavy (non-hydrogen) atoms. The van der Waals surface area contributed by atoms with Crippen molar-refractivity contribution in [1.29, 1.82) is 0 Å². The van der Waals surface area contributed by atoms with Crippen LogP contribution in [0.5, 0.6) is 0 Å². The zero-order valence-electron chi connectivity index (χ0n) is 8.90. The summed E-state index contributed by atoms with van der Waals surface area (Å²) < 4.78 is 5.78. The second-order valence-corrected chi connectivity index (χ2v) is 4.46. The number of hydrogen-bond donors (Lipinski definition) is 0. The first-order chi connectivity index (χ1) is 7.65. The van der Waals surface area contributed by atoms with Crippen LogP contribution >= 0.6 is 23.1 Å². The van der Waals surface area contributed by atoms with Crippen molar-refractivity contribution in [2.24, 2.45) is 0 Å². The van der Waals surface area contributed by atoms with Gasteiger partial charge in [-0.1, -0.05) is 4.49 Å². The van der Waals surface area contributed by atoms with E-state index < -0.39 is 0 Å². The lowest BCUT2D eigenvalue weighted by molar-refractivity contribution is 0.102. The molecule has 2 aromatic rings. The minimum absolute atomic E-state index is 0.00519. The maximum Gasteiger partial charge on any atom is 0.179 e. The van der Waals surface area contributed by atoms with E-state index in [-0.39, 0.29) is 11.7 Å². The summed E-state index contributed by atoms with van der Waals surface area (Å²) in [5.74, 6) is -0.0518. The van der Waals surface area contributed by atoms with Gasteiger partial charge in [0.25, 0.3) is 0 Å². The van der Waals surface area contributed by atoms with Crippen LogP contribution in [0.25, 0.3) is 5.00 Å². The number of alkyl halides is 1. The Morgan fingerprint density at radius 1 is 1.56 bits per heavy atom. The van der Waals surface area contributed by atoms with E-state index in [1.165, 1.54) is 11.5 Å². The molecule has 0 fully saturated rings. The molecule has 0 aliphatic carbocycles. The minimum Gasteiger partial charge on any atom is -0.307 e. The molecule has 6 heteroatoms. The fraction of sp³-hybridized carbons (Fsp3) is 0.300. The van der Waals surface area contributed by atoms with Crippen LogP contribution in [0.4, 0.5) is 0 Å². The zero-order chi connectivity index (χ0) is 11.7. The van der Waals surface area contributed by atoms with Gasteiger partial charge in [-0.05, 0) is 19.9 Å². The molecule has 0 aliphatic rings. The molecule has 0 saturated carbocycles. The van der Waals surface area contributed by atoms with Crippen molar-refractivity contribution in [1.82, 2.24) is 14.2 Å². The second-order valence-electron chi connectivity index (χ2n) is 3.43. The van der Waals surface area contributed by atoms with E-state index in [1.54, 1.807) is 6.20 Å². The normalized spacial score (nSPS) is 10.7. The number of ketones is 1. The highest BCUT2D eigenvalue weighted by Crippen LogP contribution is 2.22. The van der Waals surface area contributed by atoms with E-state index in [0.29, 0.717) is 5.56 Å². The molecular weight excluding hydrogens is 246 g/mol. The fourth-order valence-corrected chi connectivity index (χ4v) is 2.50. The summed E-state index contributed by atoms with van der Waals surface area (Å²) in [6.07, 6.45) is 1.68. The molecule has 0 aliphatic heterocycles. The van der Waals surface area contributed by atoms with E-state index in [9.17, 15) is 4.79 Å². The summed E-state index contributed by atoms with van der Waals surface area (Å²) in [4.78, 5) is 11.6. The highest BCUT2D eigenvalue weighted by atomic mass is 35.5. The lowest BCUT2D eigenvalue weighted by Gasteiger charge is -2.04. The number of halogens is 1. The van der Waals surface area contributed by atoms with E-state index in [4.69, 9.17) is 11.6 Å². The maximum absolute atomic E-state index is 11.6. The predicted octanol–water partition coefficient (Wildman–Crippen LogP) is 2.37. The summed E-state index contributed by atoms with van der Waals surface area (Å²) in [5.41, 5.74) is 2.53. The SMILES string of the molecule is Cc1cc(C(=O)CCl)c(C)n1-c1cnns1. The van der Waals surface area contributed by atoms with E-state index in [0.717, 1.165) is 16.4 Å². The smallest absolute Gasteiger partial charge is 0.179 e. The van der Waals surface area contributed by atoms with Gasteiger partial charge in [0, 0.05) is 28.5 Å². The Kier molecular flexibility index (Phi) is 3.07. The van der Waals surface area contributed by atoms with Crippen LogP contribution in [0.15, 0.2) is 12.3 Å². The fourth-order valence-electron chi connectivity index (χ4n) is 1.72. The Hall–Kier alpha value is -1.20. The van der Waals surface area contributed by atoms with Crippen LogP contribution in [-0.2, 0) is 0 Å². The Morgan fingerprint density at radius 3 is 2.88 bits per heavy atom. The van der Waals surface area contributed by atoms with Crippen molar-refractivity contribution in [2.75, 3.05) is 5.88 Å². The van der Waals surface area contributed by atoms with Gasteiger partial charge in [-0.25, -0.2) is 0 Å². The number of nitrogens with zero attached hydrogens (tertiary/aromatic N) is 3. The predicted molar refractivity (Wildman–Crippen MR) is 63.8 cm³/mol. The van der Waals surface area contributed by atoms with Crippen molar-refractivity contribution < 1.29 is 4.79 Å². The Morgan fingerprint density at radius 2 is 2.31 bits per heavy atom. The van der Waals surface area contributed by atoms with Gasteiger partial charge < -0.3 is 4.57 Å². The molecule has 0 saturated heterocycles. The van der Waals surface area contributed by atoms with E-state index >= 15 is 0 Å². The standard InChI is InChI=1S/C10H10ClN3OS/c1-6-3-8(9(15)4-11)7(2)14(6)10-5-12-13-16-10/h3,5H,4H2,1-2H3. The molecule has 0 amide bonds. The Bertz CT molecular complexity index is 518. The van der Waals surface area contributed by atoms with Gasteiger partial charge in [-0.3, -0.25) is 4.79 Å². The van der Waals surface area contributed by atoms with Crippen molar-refractivity contribution in [3.05, 3.63) is 29.2 Å². The van der Waals surface area contributed by atoms with Crippen LogP contribution in [0.3, 0.4) is 0 Å². The highest BCUT2D eigenvalue weighted by Gasteiger charge is 2.16. The molecule has 0 unspecified atom stereocenters. The number of aromatic nitrogens is 3. The molecule has 0 aromatic carbocycles.